The summed E-state index contributed by atoms with van der Waals surface area (Å²) in [6.07, 6.45) is 3.57. The molecule has 0 radical (unpaired) electrons. The summed E-state index contributed by atoms with van der Waals surface area (Å²) in [7, 11) is 0. The van der Waals surface area contributed by atoms with E-state index >= 15 is 0 Å². The number of hydrogen-bond acceptors (Lipinski definition) is 4. The van der Waals surface area contributed by atoms with Crippen LogP contribution in [-0.2, 0) is 9.53 Å². The molecule has 1 unspecified atom stereocenters. The lowest BCUT2D eigenvalue weighted by Crippen LogP contribution is -2.51. The van der Waals surface area contributed by atoms with Gasteiger partial charge in [0.05, 0.1) is 0 Å². The lowest BCUT2D eigenvalue weighted by Gasteiger charge is -2.32. The quantitative estimate of drug-likeness (QED) is 0.780. The van der Waals surface area contributed by atoms with Gasteiger partial charge in [-0.15, -0.1) is 0 Å². The van der Waals surface area contributed by atoms with E-state index in [1.807, 2.05) is 13.8 Å². The molecule has 1 rings (SSSR count). The summed E-state index contributed by atoms with van der Waals surface area (Å²) in [5, 5.41) is 10.4. The van der Waals surface area contributed by atoms with Crippen molar-refractivity contribution < 1.29 is 19.4 Å². The Bertz CT molecular complexity index is 441. The van der Waals surface area contributed by atoms with Gasteiger partial charge in [-0.1, -0.05) is 11.6 Å². The van der Waals surface area contributed by atoms with Crippen molar-refractivity contribution in [3.05, 3.63) is 23.8 Å². The summed E-state index contributed by atoms with van der Waals surface area (Å²) in [5.74, 6) is -0.570. The van der Waals surface area contributed by atoms with Gasteiger partial charge in [0.25, 0.3) is 5.91 Å². The van der Waals surface area contributed by atoms with E-state index in [0.29, 0.717) is 0 Å². The smallest absolute Gasteiger partial charge is 0.419 e. The first-order valence-corrected chi connectivity index (χ1v) is 6.17. The van der Waals surface area contributed by atoms with Gasteiger partial charge in [0.2, 0.25) is 0 Å². The lowest BCUT2D eigenvalue weighted by atomic mass is 10.1. The van der Waals surface area contributed by atoms with Crippen LogP contribution in [0.2, 0.25) is 0 Å². The number of aliphatic hydroxyl groups is 1. The van der Waals surface area contributed by atoms with Crippen LogP contribution in [0.1, 0.15) is 41.0 Å². The molecule has 0 spiro atoms. The van der Waals surface area contributed by atoms with Gasteiger partial charge in [0, 0.05) is 12.5 Å². The number of carbonyl (C=O) groups is 2. The highest BCUT2D eigenvalue weighted by Gasteiger charge is 2.44. The summed E-state index contributed by atoms with van der Waals surface area (Å²) in [6.45, 7) is 8.86. The Morgan fingerprint density at radius 1 is 1.47 bits per heavy atom. The molecule has 0 aliphatic carbocycles. The van der Waals surface area contributed by atoms with E-state index in [4.69, 9.17) is 4.74 Å². The van der Waals surface area contributed by atoms with Crippen molar-refractivity contribution in [1.82, 2.24) is 4.90 Å². The van der Waals surface area contributed by atoms with Gasteiger partial charge in [-0.3, -0.25) is 4.79 Å². The molecule has 0 aromatic rings. The average Bonchev–Trinajstić information content (AvgIpc) is 2.50. The Labute approximate surface area is 113 Å². The number of ether oxygens (including phenoxy) is 1. The maximum atomic E-state index is 12.0. The molecule has 5 heteroatoms. The summed E-state index contributed by atoms with van der Waals surface area (Å²) in [5.41, 5.74) is -1.38. The van der Waals surface area contributed by atoms with Crippen molar-refractivity contribution in [3.8, 4) is 0 Å². The highest BCUT2D eigenvalue weighted by atomic mass is 16.6. The van der Waals surface area contributed by atoms with Crippen LogP contribution in [0.4, 0.5) is 4.79 Å². The topological polar surface area (TPSA) is 66.8 Å². The van der Waals surface area contributed by atoms with Gasteiger partial charge in [-0.2, -0.15) is 0 Å². The molecule has 1 heterocycles. The Hall–Kier alpha value is -1.62. The first-order chi connectivity index (χ1) is 8.55. The summed E-state index contributed by atoms with van der Waals surface area (Å²) in [4.78, 5) is 24.5. The Balaban J connectivity index is 2.93. The van der Waals surface area contributed by atoms with Crippen LogP contribution in [0.5, 0.6) is 0 Å². The van der Waals surface area contributed by atoms with Crippen LogP contribution in [0.25, 0.3) is 0 Å². The van der Waals surface area contributed by atoms with Crippen molar-refractivity contribution in [2.75, 3.05) is 0 Å². The molecule has 0 aromatic carbocycles. The van der Waals surface area contributed by atoms with Crippen LogP contribution in [0, 0.1) is 0 Å². The molecule has 1 aliphatic rings. The second-order valence-corrected chi connectivity index (χ2v) is 5.85. The maximum Gasteiger partial charge on any atom is 0.419 e. The number of amides is 2. The van der Waals surface area contributed by atoms with Crippen molar-refractivity contribution in [2.24, 2.45) is 0 Å². The van der Waals surface area contributed by atoms with E-state index in [1.54, 1.807) is 26.8 Å². The maximum absolute atomic E-state index is 12.0. The van der Waals surface area contributed by atoms with Crippen LogP contribution in [0.15, 0.2) is 23.8 Å². The summed E-state index contributed by atoms with van der Waals surface area (Å²) < 4.78 is 5.14. The zero-order valence-electron chi connectivity index (χ0n) is 12.1. The molecule has 19 heavy (non-hydrogen) atoms. The lowest BCUT2D eigenvalue weighted by molar-refractivity contribution is -0.138. The second kappa shape index (κ2) is 5.17. The summed E-state index contributed by atoms with van der Waals surface area (Å²) >= 11 is 0. The normalized spacial score (nSPS) is 22.6. The monoisotopic (exact) mass is 267 g/mol. The van der Waals surface area contributed by atoms with E-state index in [9.17, 15) is 14.7 Å². The minimum absolute atomic E-state index is 0.150. The zero-order valence-corrected chi connectivity index (χ0v) is 12.1. The van der Waals surface area contributed by atoms with Crippen LogP contribution >= 0.6 is 0 Å². The number of hydrogen-bond donors (Lipinski definition) is 1. The fourth-order valence-electron chi connectivity index (χ4n) is 1.61. The minimum atomic E-state index is -1.64. The third-order valence-electron chi connectivity index (χ3n) is 2.49. The first-order valence-electron chi connectivity index (χ1n) is 6.17. The minimum Gasteiger partial charge on any atom is -0.443 e. The fourth-order valence-corrected chi connectivity index (χ4v) is 1.61. The Morgan fingerprint density at radius 3 is 2.53 bits per heavy atom. The van der Waals surface area contributed by atoms with Gasteiger partial charge in [-0.25, -0.2) is 9.69 Å². The molecular formula is C14H21NO4. The molecule has 106 valence electrons. The number of allylic oxidation sites excluding steroid dienone is 1. The number of carbonyl (C=O) groups excluding carboxylic acids is 2. The molecule has 1 aliphatic heterocycles. The number of imide groups is 1. The molecule has 0 fully saturated rings. The molecule has 5 nitrogen and oxygen atoms in total. The molecule has 0 saturated carbocycles. The highest BCUT2D eigenvalue weighted by Crippen LogP contribution is 2.28. The van der Waals surface area contributed by atoms with Crippen LogP contribution < -0.4 is 0 Å². The number of rotatable bonds is 2. The van der Waals surface area contributed by atoms with Gasteiger partial charge in [-0.05, 0) is 40.7 Å². The molecule has 0 bridgehead atoms. The highest BCUT2D eigenvalue weighted by molar-refractivity contribution is 6.02. The SMILES string of the molecule is CC(C)=CCC1(O)C=CC(=O)N1C(=O)OC(C)(C)C. The fraction of sp³-hybridized carbons (Fsp3) is 0.571. The third-order valence-corrected chi connectivity index (χ3v) is 2.49. The van der Waals surface area contributed by atoms with Gasteiger partial charge in [0.1, 0.15) is 5.60 Å². The summed E-state index contributed by atoms with van der Waals surface area (Å²) in [6, 6.07) is 0. The standard InChI is InChI=1S/C14H21NO4/c1-10(2)6-8-14(18)9-7-11(16)15(14)12(17)19-13(3,4)5/h6-7,9,18H,8H2,1-5H3. The predicted octanol–water partition coefficient (Wildman–Crippen LogP) is 2.36. The van der Waals surface area contributed by atoms with Gasteiger partial charge >= 0.3 is 6.09 Å². The van der Waals surface area contributed by atoms with E-state index < -0.39 is 23.3 Å². The Morgan fingerprint density at radius 2 is 2.05 bits per heavy atom. The molecule has 1 N–H and O–H groups in total. The second-order valence-electron chi connectivity index (χ2n) is 5.85. The largest absolute Gasteiger partial charge is 0.443 e. The van der Waals surface area contributed by atoms with Crippen molar-refractivity contribution in [3.63, 3.8) is 0 Å². The van der Waals surface area contributed by atoms with Gasteiger partial charge < -0.3 is 9.84 Å². The van der Waals surface area contributed by atoms with Crippen molar-refractivity contribution in [1.29, 1.82) is 0 Å². The number of nitrogens with zero attached hydrogens (tertiary/aromatic N) is 1. The van der Waals surface area contributed by atoms with E-state index in [0.717, 1.165) is 10.5 Å². The molecule has 0 saturated heterocycles. The Kier molecular flexibility index (Phi) is 4.20. The molecule has 1 atom stereocenters. The van der Waals surface area contributed by atoms with E-state index in [2.05, 4.69) is 0 Å². The van der Waals surface area contributed by atoms with Gasteiger partial charge in [0.15, 0.2) is 5.72 Å². The van der Waals surface area contributed by atoms with E-state index in [1.165, 1.54) is 12.2 Å². The predicted molar refractivity (Wildman–Crippen MR) is 71.2 cm³/mol. The zero-order chi connectivity index (χ0) is 14.8. The van der Waals surface area contributed by atoms with E-state index in [-0.39, 0.29) is 6.42 Å². The molecule has 2 amide bonds. The average molecular weight is 267 g/mol. The first kappa shape index (κ1) is 15.4. The molecular weight excluding hydrogens is 246 g/mol. The molecule has 0 aromatic heterocycles. The van der Waals surface area contributed by atoms with Crippen molar-refractivity contribution >= 4 is 12.0 Å². The van der Waals surface area contributed by atoms with Crippen LogP contribution in [-0.4, -0.2) is 33.3 Å². The third kappa shape index (κ3) is 3.92. The van der Waals surface area contributed by atoms with Crippen molar-refractivity contribution in [2.45, 2.75) is 52.4 Å². The van der Waals surface area contributed by atoms with Crippen LogP contribution in [0.3, 0.4) is 0 Å².